The molecule has 0 saturated heterocycles. The predicted octanol–water partition coefficient (Wildman–Crippen LogP) is 3.57. The van der Waals surface area contributed by atoms with Gasteiger partial charge in [0.2, 0.25) is 0 Å². The van der Waals surface area contributed by atoms with Gasteiger partial charge in [-0.05, 0) is 91.3 Å². The Kier molecular flexibility index (Phi) is 12.4. The number of rotatable bonds is 14. The molecule has 0 aliphatic carbocycles. The first-order chi connectivity index (χ1) is 18.5. The van der Waals surface area contributed by atoms with E-state index < -0.39 is 12.1 Å². The van der Waals surface area contributed by atoms with Crippen molar-refractivity contribution in [3.63, 3.8) is 0 Å². The Morgan fingerprint density at radius 3 is 2.05 bits per heavy atom. The van der Waals surface area contributed by atoms with Crippen molar-refractivity contribution in [1.82, 2.24) is 4.57 Å². The number of ether oxygens (including phenoxy) is 1. The summed E-state index contributed by atoms with van der Waals surface area (Å²) in [5.74, 6) is -0.694. The average Bonchev–Trinajstić information content (AvgIpc) is 3.30. The van der Waals surface area contributed by atoms with E-state index in [0.717, 1.165) is 36.2 Å². The van der Waals surface area contributed by atoms with Crippen LogP contribution in [0.2, 0.25) is 0 Å². The van der Waals surface area contributed by atoms with Gasteiger partial charge in [0.05, 0.1) is 5.97 Å². The molecule has 4 nitrogen and oxygen atoms in total. The van der Waals surface area contributed by atoms with Crippen LogP contribution >= 0.6 is 0 Å². The van der Waals surface area contributed by atoms with Gasteiger partial charge in [-0.1, -0.05) is 74.4 Å². The maximum atomic E-state index is 11.7. The molecule has 5 heteroatoms. The number of unbranched alkanes of at least 4 members (excludes halogenated alkanes) is 2. The Labute approximate surface area is 255 Å². The van der Waals surface area contributed by atoms with E-state index in [4.69, 9.17) is 4.74 Å². The van der Waals surface area contributed by atoms with Gasteiger partial charge in [-0.15, -0.1) is 0 Å². The predicted molar refractivity (Wildman–Crippen MR) is 152 cm³/mol. The van der Waals surface area contributed by atoms with Crippen molar-refractivity contribution in [1.29, 1.82) is 0 Å². The van der Waals surface area contributed by atoms with Crippen LogP contribution in [0.15, 0.2) is 91.0 Å². The fourth-order valence-electron chi connectivity index (χ4n) is 4.88. The van der Waals surface area contributed by atoms with Gasteiger partial charge < -0.3 is 19.2 Å². The number of carboxylic acid groups (broad SMARTS) is 1. The molecule has 198 valence electrons. The summed E-state index contributed by atoms with van der Waals surface area (Å²) in [6, 6.07) is 30.5. The number of carbonyl (C=O) groups excluding carboxylic acids is 1. The van der Waals surface area contributed by atoms with Gasteiger partial charge in [-0.3, -0.25) is 0 Å². The fraction of sp³-hybridized carbons (Fsp3) is 0.324. The number of aromatic nitrogens is 1. The number of benzene rings is 3. The third kappa shape index (κ3) is 9.13. The number of hydrogen-bond donors (Lipinski definition) is 0. The second kappa shape index (κ2) is 15.7. The molecule has 3 aromatic carbocycles. The van der Waals surface area contributed by atoms with Crippen LogP contribution in [0.5, 0.6) is 5.75 Å². The molecule has 0 saturated carbocycles. The number of hydrogen-bond acceptors (Lipinski definition) is 3. The van der Waals surface area contributed by atoms with Crippen LogP contribution in [0.1, 0.15) is 55.0 Å². The Bertz CT molecular complexity index is 1280. The van der Waals surface area contributed by atoms with Crippen LogP contribution in [0.4, 0.5) is 0 Å². The van der Waals surface area contributed by atoms with E-state index >= 15 is 0 Å². The molecular formula is C34H38NNaO3. The zero-order chi connectivity index (χ0) is 26.7. The summed E-state index contributed by atoms with van der Waals surface area (Å²) in [4.78, 5) is 11.7. The third-order valence-corrected chi connectivity index (χ3v) is 7.09. The molecule has 0 aliphatic heterocycles. The molecule has 0 bridgehead atoms. The topological polar surface area (TPSA) is 54.3 Å². The van der Waals surface area contributed by atoms with Crippen LogP contribution in [0, 0.1) is 6.92 Å². The Morgan fingerprint density at radius 1 is 0.795 bits per heavy atom. The van der Waals surface area contributed by atoms with Crippen molar-refractivity contribution in [2.75, 3.05) is 0 Å². The third-order valence-electron chi connectivity index (χ3n) is 7.09. The Balaban J connectivity index is 0.00000420. The van der Waals surface area contributed by atoms with E-state index in [0.29, 0.717) is 5.75 Å². The van der Waals surface area contributed by atoms with E-state index in [2.05, 4.69) is 54.8 Å². The minimum Gasteiger partial charge on any atom is -0.546 e. The van der Waals surface area contributed by atoms with Gasteiger partial charge in [0.25, 0.3) is 0 Å². The van der Waals surface area contributed by atoms with E-state index in [-0.39, 0.29) is 36.0 Å². The van der Waals surface area contributed by atoms with E-state index in [9.17, 15) is 9.90 Å². The van der Waals surface area contributed by atoms with Gasteiger partial charge in [0.1, 0.15) is 11.9 Å². The van der Waals surface area contributed by atoms with Crippen LogP contribution in [-0.4, -0.2) is 16.6 Å². The molecule has 0 fully saturated rings. The zero-order valence-electron chi connectivity index (χ0n) is 23.6. The van der Waals surface area contributed by atoms with Crippen molar-refractivity contribution in [2.45, 2.75) is 71.4 Å². The molecule has 0 amide bonds. The summed E-state index contributed by atoms with van der Waals surface area (Å²) in [5, 5.41) is 11.7. The summed E-state index contributed by atoms with van der Waals surface area (Å²) in [7, 11) is 0. The smallest absolute Gasteiger partial charge is 0.546 e. The van der Waals surface area contributed by atoms with E-state index in [1.807, 2.05) is 54.6 Å². The number of nitrogens with zero attached hydrogens (tertiary/aromatic N) is 1. The standard InChI is InChI=1S/C34H39NO3.Na/c1-3-4-6-10-27-15-17-28(18-16-27)13-9-24-35-26(2)14-23-32(35)30-19-21-31(22-20-30)38-33(34(36)37)25-29-11-7-5-8-12-29;/h5,7-8,11-12,14-23,33H,3-4,6,9-10,13,24-25H2,1-2H3,(H,36,37);/q;+1/p-1/t33-;/m1./s1. The summed E-state index contributed by atoms with van der Waals surface area (Å²) in [6.07, 6.45) is 6.32. The number of carboxylic acids is 1. The van der Waals surface area contributed by atoms with Crippen molar-refractivity contribution in [2.24, 2.45) is 0 Å². The summed E-state index contributed by atoms with van der Waals surface area (Å²) in [5.41, 5.74) is 7.18. The van der Waals surface area contributed by atoms with Crippen LogP contribution < -0.4 is 39.4 Å². The molecule has 1 aromatic heterocycles. The van der Waals surface area contributed by atoms with Gasteiger partial charge >= 0.3 is 29.6 Å². The number of aliphatic carboxylic acids is 1. The molecule has 1 heterocycles. The zero-order valence-corrected chi connectivity index (χ0v) is 25.6. The second-order valence-corrected chi connectivity index (χ2v) is 10.0. The molecule has 0 aliphatic rings. The maximum Gasteiger partial charge on any atom is 1.00 e. The molecule has 0 N–H and O–H groups in total. The molecular weight excluding hydrogens is 493 g/mol. The Hall–Kier alpha value is -2.79. The first kappa shape index (κ1) is 30.7. The number of carbonyl (C=O) groups is 1. The van der Waals surface area contributed by atoms with Crippen molar-refractivity contribution in [3.05, 3.63) is 113 Å². The fourth-order valence-corrected chi connectivity index (χ4v) is 4.88. The minimum absolute atomic E-state index is 0. The Morgan fingerprint density at radius 2 is 1.44 bits per heavy atom. The second-order valence-electron chi connectivity index (χ2n) is 10.0. The van der Waals surface area contributed by atoms with Crippen molar-refractivity contribution < 1.29 is 44.2 Å². The van der Waals surface area contributed by atoms with E-state index in [1.54, 1.807) is 0 Å². The largest absolute Gasteiger partial charge is 1.00 e. The van der Waals surface area contributed by atoms with Gasteiger partial charge in [-0.25, -0.2) is 0 Å². The maximum absolute atomic E-state index is 11.7. The van der Waals surface area contributed by atoms with Crippen LogP contribution in [-0.2, 0) is 30.6 Å². The normalized spacial score (nSPS) is 11.5. The van der Waals surface area contributed by atoms with Crippen molar-refractivity contribution in [3.8, 4) is 17.0 Å². The molecule has 0 radical (unpaired) electrons. The molecule has 4 aromatic rings. The molecule has 39 heavy (non-hydrogen) atoms. The molecule has 0 unspecified atom stereocenters. The first-order valence-corrected chi connectivity index (χ1v) is 13.8. The molecule has 1 atom stereocenters. The minimum atomic E-state index is -1.21. The van der Waals surface area contributed by atoms with Gasteiger partial charge in [0.15, 0.2) is 0 Å². The van der Waals surface area contributed by atoms with E-state index in [1.165, 1.54) is 42.5 Å². The summed E-state index contributed by atoms with van der Waals surface area (Å²) in [6.45, 7) is 5.32. The number of aryl methyl sites for hydroxylation is 3. The monoisotopic (exact) mass is 531 g/mol. The average molecular weight is 532 g/mol. The molecule has 0 spiro atoms. The van der Waals surface area contributed by atoms with Gasteiger partial charge in [0, 0.05) is 24.4 Å². The quantitative estimate of drug-likeness (QED) is 0.185. The van der Waals surface area contributed by atoms with Gasteiger partial charge in [-0.2, -0.15) is 0 Å². The van der Waals surface area contributed by atoms with Crippen LogP contribution in [0.3, 0.4) is 0 Å². The summed E-state index contributed by atoms with van der Waals surface area (Å²) < 4.78 is 8.14. The van der Waals surface area contributed by atoms with Crippen LogP contribution in [0.25, 0.3) is 11.3 Å². The summed E-state index contributed by atoms with van der Waals surface area (Å²) >= 11 is 0. The molecule has 4 rings (SSSR count). The SMILES string of the molecule is CCCCCc1ccc(CCCn2c(C)ccc2-c2ccc(O[C@H](Cc3ccccc3)C(=O)[O-])cc2)cc1.[Na+]. The van der Waals surface area contributed by atoms with Crippen molar-refractivity contribution >= 4 is 5.97 Å². The first-order valence-electron chi connectivity index (χ1n) is 13.8.